The summed E-state index contributed by atoms with van der Waals surface area (Å²) in [5, 5.41) is 8.64. The normalized spacial score (nSPS) is 17.7. The van der Waals surface area contributed by atoms with Gasteiger partial charge in [-0.2, -0.15) is 17.0 Å². The first-order valence-electron chi connectivity index (χ1n) is 5.27. The SMILES string of the molecule is CN(CCCO)S(=O)(=O)N(C)CC1CC1. The number of nitrogens with zero attached hydrogens (tertiary/aromatic N) is 2. The minimum absolute atomic E-state index is 0.0200. The zero-order chi connectivity index (χ0) is 11.5. The van der Waals surface area contributed by atoms with Crippen molar-refractivity contribution in [3.63, 3.8) is 0 Å². The molecular weight excluding hydrogens is 216 g/mol. The molecule has 0 amide bonds. The summed E-state index contributed by atoms with van der Waals surface area (Å²) in [4.78, 5) is 0. The second kappa shape index (κ2) is 5.25. The van der Waals surface area contributed by atoms with E-state index in [0.717, 1.165) is 12.8 Å². The third-order valence-corrected chi connectivity index (χ3v) is 4.54. The third kappa shape index (κ3) is 3.71. The highest BCUT2D eigenvalue weighted by Gasteiger charge is 2.30. The summed E-state index contributed by atoms with van der Waals surface area (Å²) < 4.78 is 26.4. The molecule has 15 heavy (non-hydrogen) atoms. The van der Waals surface area contributed by atoms with Crippen LogP contribution in [-0.2, 0) is 10.2 Å². The van der Waals surface area contributed by atoms with Crippen molar-refractivity contribution in [1.29, 1.82) is 0 Å². The Morgan fingerprint density at radius 3 is 2.33 bits per heavy atom. The summed E-state index contributed by atoms with van der Waals surface area (Å²) in [6, 6.07) is 0. The maximum atomic E-state index is 11.9. The van der Waals surface area contributed by atoms with Gasteiger partial charge < -0.3 is 5.11 Å². The maximum Gasteiger partial charge on any atom is 0.281 e. The number of hydrogen-bond acceptors (Lipinski definition) is 3. The molecule has 0 aromatic rings. The molecule has 0 unspecified atom stereocenters. The lowest BCUT2D eigenvalue weighted by atomic mass is 10.4. The molecule has 1 aliphatic carbocycles. The minimum atomic E-state index is -3.31. The molecule has 0 aromatic carbocycles. The molecule has 0 aliphatic heterocycles. The molecule has 0 bridgehead atoms. The molecule has 0 atom stereocenters. The van der Waals surface area contributed by atoms with E-state index in [9.17, 15) is 8.42 Å². The van der Waals surface area contributed by atoms with Gasteiger partial charge in [-0.25, -0.2) is 0 Å². The van der Waals surface area contributed by atoms with Crippen molar-refractivity contribution >= 4 is 10.2 Å². The molecule has 0 radical (unpaired) electrons. The Labute approximate surface area is 91.9 Å². The predicted molar refractivity (Wildman–Crippen MR) is 58.6 cm³/mol. The predicted octanol–water partition coefficient (Wildman–Crippen LogP) is -0.113. The summed E-state index contributed by atoms with van der Waals surface area (Å²) >= 11 is 0. The van der Waals surface area contributed by atoms with E-state index in [0.29, 0.717) is 25.4 Å². The largest absolute Gasteiger partial charge is 0.396 e. The van der Waals surface area contributed by atoms with Crippen LogP contribution in [0, 0.1) is 5.92 Å². The first-order valence-corrected chi connectivity index (χ1v) is 6.66. The minimum Gasteiger partial charge on any atom is -0.396 e. The number of hydrogen-bond donors (Lipinski definition) is 1. The summed E-state index contributed by atoms with van der Waals surface area (Å²) in [5.41, 5.74) is 0. The topological polar surface area (TPSA) is 60.9 Å². The maximum absolute atomic E-state index is 11.9. The van der Waals surface area contributed by atoms with Gasteiger partial charge in [0.25, 0.3) is 10.2 Å². The Balaban J connectivity index is 2.46. The Morgan fingerprint density at radius 2 is 1.87 bits per heavy atom. The molecule has 6 heteroatoms. The fourth-order valence-electron chi connectivity index (χ4n) is 1.40. The quantitative estimate of drug-likeness (QED) is 0.671. The van der Waals surface area contributed by atoms with Crippen LogP contribution in [0.25, 0.3) is 0 Å². The van der Waals surface area contributed by atoms with E-state index >= 15 is 0 Å². The van der Waals surface area contributed by atoms with Crippen LogP contribution >= 0.6 is 0 Å². The van der Waals surface area contributed by atoms with E-state index in [1.807, 2.05) is 0 Å². The molecule has 1 fully saturated rings. The lowest BCUT2D eigenvalue weighted by molar-refractivity contribution is 0.272. The molecule has 90 valence electrons. The summed E-state index contributed by atoms with van der Waals surface area (Å²) in [5.74, 6) is 0.552. The van der Waals surface area contributed by atoms with Gasteiger partial charge in [0.15, 0.2) is 0 Å². The molecule has 5 nitrogen and oxygen atoms in total. The van der Waals surface area contributed by atoms with Gasteiger partial charge in [-0.1, -0.05) is 0 Å². The monoisotopic (exact) mass is 236 g/mol. The molecule has 1 rings (SSSR count). The van der Waals surface area contributed by atoms with Crippen molar-refractivity contribution in [2.75, 3.05) is 33.8 Å². The third-order valence-electron chi connectivity index (χ3n) is 2.63. The Bertz CT molecular complexity index is 288. The Hall–Kier alpha value is -0.170. The van der Waals surface area contributed by atoms with Gasteiger partial charge in [0.05, 0.1) is 0 Å². The molecule has 1 aliphatic rings. The molecular formula is C9H20N2O3S. The van der Waals surface area contributed by atoms with Crippen molar-refractivity contribution in [2.24, 2.45) is 5.92 Å². The van der Waals surface area contributed by atoms with Crippen molar-refractivity contribution in [3.05, 3.63) is 0 Å². The number of rotatable bonds is 7. The van der Waals surface area contributed by atoms with Gasteiger partial charge in [-0.15, -0.1) is 0 Å². The van der Waals surface area contributed by atoms with Gasteiger partial charge in [-0.05, 0) is 25.2 Å². The fraction of sp³-hybridized carbons (Fsp3) is 1.00. The van der Waals surface area contributed by atoms with Crippen LogP contribution in [0.3, 0.4) is 0 Å². The summed E-state index contributed by atoms with van der Waals surface area (Å²) in [7, 11) is -0.147. The van der Waals surface area contributed by atoms with Crippen LogP contribution in [-0.4, -0.2) is 55.9 Å². The van der Waals surface area contributed by atoms with Crippen molar-refractivity contribution in [1.82, 2.24) is 8.61 Å². The van der Waals surface area contributed by atoms with Crippen LogP contribution < -0.4 is 0 Å². The van der Waals surface area contributed by atoms with Gasteiger partial charge >= 0.3 is 0 Å². The van der Waals surface area contributed by atoms with Crippen molar-refractivity contribution in [3.8, 4) is 0 Å². The Morgan fingerprint density at radius 1 is 1.27 bits per heavy atom. The number of aliphatic hydroxyl groups is 1. The van der Waals surface area contributed by atoms with Crippen molar-refractivity contribution < 1.29 is 13.5 Å². The first-order chi connectivity index (χ1) is 6.98. The molecule has 0 spiro atoms. The smallest absolute Gasteiger partial charge is 0.281 e. The van der Waals surface area contributed by atoms with Crippen LogP contribution in [0.4, 0.5) is 0 Å². The molecule has 0 heterocycles. The lowest BCUT2D eigenvalue weighted by Gasteiger charge is -2.24. The van der Waals surface area contributed by atoms with Gasteiger partial charge in [0.2, 0.25) is 0 Å². The van der Waals surface area contributed by atoms with Gasteiger partial charge in [0.1, 0.15) is 0 Å². The van der Waals surface area contributed by atoms with E-state index in [2.05, 4.69) is 0 Å². The van der Waals surface area contributed by atoms with Gasteiger partial charge in [-0.3, -0.25) is 0 Å². The van der Waals surface area contributed by atoms with Crippen LogP contribution in [0.1, 0.15) is 19.3 Å². The van der Waals surface area contributed by atoms with E-state index in [1.165, 1.54) is 8.61 Å². The summed E-state index contributed by atoms with van der Waals surface area (Å²) in [6.07, 6.45) is 2.76. The standard InChI is InChI=1S/C9H20N2O3S/c1-10(6-3-7-12)15(13,14)11(2)8-9-4-5-9/h9,12H,3-8H2,1-2H3. The highest BCUT2D eigenvalue weighted by molar-refractivity contribution is 7.86. The zero-order valence-electron chi connectivity index (χ0n) is 9.39. The average Bonchev–Trinajstić information content (AvgIpc) is 2.97. The first kappa shape index (κ1) is 12.9. The van der Waals surface area contributed by atoms with Gasteiger partial charge in [0, 0.05) is 33.8 Å². The fourth-order valence-corrected chi connectivity index (χ4v) is 2.64. The second-order valence-electron chi connectivity index (χ2n) is 4.13. The second-order valence-corrected chi connectivity index (χ2v) is 6.27. The average molecular weight is 236 g/mol. The highest BCUT2D eigenvalue weighted by atomic mass is 32.2. The van der Waals surface area contributed by atoms with Crippen LogP contribution in [0.2, 0.25) is 0 Å². The molecule has 1 saturated carbocycles. The van der Waals surface area contributed by atoms with E-state index < -0.39 is 10.2 Å². The highest BCUT2D eigenvalue weighted by Crippen LogP contribution is 2.30. The molecule has 0 aromatic heterocycles. The lowest BCUT2D eigenvalue weighted by Crippen LogP contribution is -2.41. The zero-order valence-corrected chi connectivity index (χ0v) is 10.2. The Kier molecular flexibility index (Phi) is 4.51. The van der Waals surface area contributed by atoms with E-state index in [1.54, 1.807) is 14.1 Å². The van der Waals surface area contributed by atoms with E-state index in [-0.39, 0.29) is 6.61 Å². The van der Waals surface area contributed by atoms with Crippen molar-refractivity contribution in [2.45, 2.75) is 19.3 Å². The molecule has 1 N–H and O–H groups in total. The summed E-state index contributed by atoms with van der Waals surface area (Å²) in [6.45, 7) is 1.01. The molecule has 0 saturated heterocycles. The van der Waals surface area contributed by atoms with Crippen LogP contribution in [0.5, 0.6) is 0 Å². The number of aliphatic hydroxyl groups excluding tert-OH is 1. The van der Waals surface area contributed by atoms with Crippen LogP contribution in [0.15, 0.2) is 0 Å². The van der Waals surface area contributed by atoms with E-state index in [4.69, 9.17) is 5.11 Å².